The Labute approximate surface area is 199 Å². The molecular formula is C24H20F3N5O2S. The number of nitrogens with zero attached hydrogens (tertiary/aromatic N) is 3. The summed E-state index contributed by atoms with van der Waals surface area (Å²) in [5, 5.41) is 4.63. The summed E-state index contributed by atoms with van der Waals surface area (Å²) < 4.78 is 73.2. The predicted molar refractivity (Wildman–Crippen MR) is 125 cm³/mol. The molecule has 0 bridgehead atoms. The first kappa shape index (κ1) is 22.9. The first-order valence-electron chi connectivity index (χ1n) is 10.8. The van der Waals surface area contributed by atoms with Crippen molar-refractivity contribution in [2.75, 3.05) is 10.5 Å². The minimum atomic E-state index is -4.76. The molecule has 0 fully saturated rings. The number of nitrogens with two attached hydrogens (primary N) is 1. The van der Waals surface area contributed by atoms with Crippen molar-refractivity contribution < 1.29 is 21.6 Å². The van der Waals surface area contributed by atoms with Crippen LogP contribution in [0, 0.1) is 17.5 Å². The smallest absolute Gasteiger partial charge is 0.267 e. The normalized spacial score (nSPS) is 13.5. The van der Waals surface area contributed by atoms with E-state index in [0.29, 0.717) is 23.4 Å². The van der Waals surface area contributed by atoms with Crippen LogP contribution in [0.1, 0.15) is 18.5 Å². The molecule has 0 radical (unpaired) electrons. The number of halogens is 3. The average molecular weight is 500 g/mol. The minimum Gasteiger partial charge on any atom is -0.384 e. The number of nitrogens with one attached hydrogen (secondary N) is 1. The van der Waals surface area contributed by atoms with Gasteiger partial charge in [-0.15, -0.1) is 0 Å². The fourth-order valence-electron chi connectivity index (χ4n) is 4.31. The largest absolute Gasteiger partial charge is 0.384 e. The first-order chi connectivity index (χ1) is 16.8. The Kier molecular flexibility index (Phi) is 5.72. The topological polar surface area (TPSA) is 103 Å². The molecule has 4 aromatic rings. The van der Waals surface area contributed by atoms with Gasteiger partial charge >= 0.3 is 0 Å². The van der Waals surface area contributed by atoms with Crippen molar-refractivity contribution in [2.45, 2.75) is 30.7 Å². The van der Waals surface area contributed by atoms with Crippen LogP contribution in [0.3, 0.4) is 0 Å². The van der Waals surface area contributed by atoms with Gasteiger partial charge in [-0.1, -0.05) is 12.1 Å². The lowest BCUT2D eigenvalue weighted by molar-refractivity contribution is 0.487. The second-order valence-corrected chi connectivity index (χ2v) is 9.76. The fourth-order valence-corrected chi connectivity index (χ4v) is 5.51. The molecular weight excluding hydrogens is 479 g/mol. The molecule has 0 spiro atoms. The molecule has 0 unspecified atom stereocenters. The summed E-state index contributed by atoms with van der Waals surface area (Å²) in [6.07, 6.45) is 4.13. The van der Waals surface area contributed by atoms with E-state index in [1.807, 2.05) is 9.40 Å². The summed E-state index contributed by atoms with van der Waals surface area (Å²) in [5.41, 5.74) is 8.06. The number of hydrogen-bond donors (Lipinski definition) is 2. The molecule has 5 rings (SSSR count). The quantitative estimate of drug-likeness (QED) is 0.413. The Balaban J connectivity index is 1.64. The summed E-state index contributed by atoms with van der Waals surface area (Å²) in [4.78, 5) is 2.83. The molecule has 3 N–H and O–H groups in total. The molecule has 2 aromatic carbocycles. The van der Waals surface area contributed by atoms with Gasteiger partial charge in [0.1, 0.15) is 23.1 Å². The third kappa shape index (κ3) is 4.12. The highest BCUT2D eigenvalue weighted by molar-refractivity contribution is 7.92. The van der Waals surface area contributed by atoms with Crippen molar-refractivity contribution >= 4 is 21.5 Å². The standard InChI is InChI=1S/C24H20F3N5O2S/c25-16-6-4-7-17(26)24(16)35(33,34)31-18-8-3-5-15(22(18)27)23-21(14-10-11-29-20(28)13-14)19-9-1-2-12-32(19)30-23/h3-8,10-11,13,31H,1-2,9,12H2,(H2,28,29). The lowest BCUT2D eigenvalue weighted by atomic mass is 9.96. The highest BCUT2D eigenvalue weighted by Crippen LogP contribution is 2.39. The molecule has 0 saturated heterocycles. The molecule has 7 nitrogen and oxygen atoms in total. The van der Waals surface area contributed by atoms with Gasteiger partial charge in [-0.25, -0.2) is 26.6 Å². The molecule has 0 aliphatic carbocycles. The maximum atomic E-state index is 15.7. The van der Waals surface area contributed by atoms with Gasteiger partial charge in [-0.05, 0) is 61.2 Å². The van der Waals surface area contributed by atoms with E-state index in [-0.39, 0.29) is 11.4 Å². The van der Waals surface area contributed by atoms with E-state index in [1.165, 1.54) is 18.2 Å². The van der Waals surface area contributed by atoms with Gasteiger partial charge in [0.15, 0.2) is 10.7 Å². The summed E-state index contributed by atoms with van der Waals surface area (Å²) in [7, 11) is -4.76. The lowest BCUT2D eigenvalue weighted by Gasteiger charge is -2.15. The zero-order chi connectivity index (χ0) is 24.7. The van der Waals surface area contributed by atoms with Crippen molar-refractivity contribution in [3.8, 4) is 22.4 Å². The summed E-state index contributed by atoms with van der Waals surface area (Å²) in [6.45, 7) is 0.656. The summed E-state index contributed by atoms with van der Waals surface area (Å²) in [6, 6.07) is 10.2. The van der Waals surface area contributed by atoms with E-state index in [2.05, 4.69) is 10.1 Å². The van der Waals surface area contributed by atoms with Gasteiger partial charge in [0.25, 0.3) is 10.0 Å². The molecule has 1 aliphatic rings. The van der Waals surface area contributed by atoms with Gasteiger partial charge < -0.3 is 5.73 Å². The molecule has 11 heteroatoms. The summed E-state index contributed by atoms with van der Waals surface area (Å²) in [5.74, 6) is -3.20. The van der Waals surface area contributed by atoms with Gasteiger partial charge in [0.2, 0.25) is 0 Å². The van der Waals surface area contributed by atoms with E-state index >= 15 is 4.39 Å². The maximum absolute atomic E-state index is 15.7. The van der Waals surface area contributed by atoms with E-state index in [4.69, 9.17) is 5.73 Å². The number of fused-ring (bicyclic) bond motifs is 1. The third-order valence-electron chi connectivity index (χ3n) is 5.85. The Morgan fingerprint density at radius 2 is 1.74 bits per heavy atom. The number of anilines is 2. The Bertz CT molecular complexity index is 1530. The Hall–Kier alpha value is -3.86. The van der Waals surface area contributed by atoms with Crippen LogP contribution in [0.2, 0.25) is 0 Å². The van der Waals surface area contributed by atoms with Crippen molar-refractivity contribution in [1.82, 2.24) is 14.8 Å². The zero-order valence-corrected chi connectivity index (χ0v) is 19.1. The first-order valence-corrected chi connectivity index (χ1v) is 12.3. The van der Waals surface area contributed by atoms with E-state index < -0.39 is 38.1 Å². The number of hydrogen-bond acceptors (Lipinski definition) is 5. The van der Waals surface area contributed by atoms with Crippen LogP contribution in [0.25, 0.3) is 22.4 Å². The Morgan fingerprint density at radius 3 is 2.49 bits per heavy atom. The number of nitrogen functional groups attached to an aromatic ring is 1. The van der Waals surface area contributed by atoms with Gasteiger partial charge in [0, 0.05) is 29.6 Å². The van der Waals surface area contributed by atoms with Crippen LogP contribution in [0.5, 0.6) is 0 Å². The molecule has 35 heavy (non-hydrogen) atoms. The molecule has 180 valence electrons. The number of aromatic nitrogens is 3. The number of rotatable bonds is 5. The van der Waals surface area contributed by atoms with Crippen LogP contribution < -0.4 is 10.5 Å². The number of pyridine rings is 1. The minimum absolute atomic E-state index is 0.0338. The zero-order valence-electron chi connectivity index (χ0n) is 18.3. The average Bonchev–Trinajstić information content (AvgIpc) is 3.19. The van der Waals surface area contributed by atoms with Crippen molar-refractivity contribution in [3.05, 3.63) is 77.9 Å². The molecule has 1 aliphatic heterocycles. The van der Waals surface area contributed by atoms with Crippen molar-refractivity contribution in [3.63, 3.8) is 0 Å². The van der Waals surface area contributed by atoms with E-state index in [1.54, 1.807) is 18.3 Å². The highest BCUT2D eigenvalue weighted by Gasteiger charge is 2.28. The van der Waals surface area contributed by atoms with Crippen LogP contribution >= 0.6 is 0 Å². The second kappa shape index (κ2) is 8.73. The maximum Gasteiger partial charge on any atom is 0.267 e. The van der Waals surface area contributed by atoms with Crippen molar-refractivity contribution in [2.24, 2.45) is 0 Å². The number of sulfonamides is 1. The van der Waals surface area contributed by atoms with Gasteiger partial charge in [-0.3, -0.25) is 9.40 Å². The SMILES string of the molecule is Nc1cc(-c2c(-c3cccc(NS(=O)(=O)c4c(F)cccc4F)c3F)nn3c2CCCC3)ccn1. The molecule has 0 amide bonds. The van der Waals surface area contributed by atoms with E-state index in [9.17, 15) is 17.2 Å². The molecule has 0 atom stereocenters. The number of aryl methyl sites for hydroxylation is 1. The van der Waals surface area contributed by atoms with Crippen LogP contribution in [-0.4, -0.2) is 23.2 Å². The lowest BCUT2D eigenvalue weighted by Crippen LogP contribution is -2.17. The second-order valence-electron chi connectivity index (χ2n) is 8.14. The van der Waals surface area contributed by atoms with E-state index in [0.717, 1.165) is 43.2 Å². The fraction of sp³-hybridized carbons (Fsp3) is 0.167. The van der Waals surface area contributed by atoms with Crippen LogP contribution in [0.15, 0.2) is 59.6 Å². The predicted octanol–water partition coefficient (Wildman–Crippen LogP) is 4.75. The molecule has 3 heterocycles. The molecule has 2 aromatic heterocycles. The highest BCUT2D eigenvalue weighted by atomic mass is 32.2. The number of benzene rings is 2. The molecule has 0 saturated carbocycles. The van der Waals surface area contributed by atoms with Crippen molar-refractivity contribution in [1.29, 1.82) is 0 Å². The monoisotopic (exact) mass is 499 g/mol. The third-order valence-corrected chi connectivity index (χ3v) is 7.26. The Morgan fingerprint density at radius 1 is 1.00 bits per heavy atom. The van der Waals surface area contributed by atoms with Crippen LogP contribution in [-0.2, 0) is 23.0 Å². The van der Waals surface area contributed by atoms with Crippen LogP contribution in [0.4, 0.5) is 24.7 Å². The van der Waals surface area contributed by atoms with Gasteiger partial charge in [-0.2, -0.15) is 5.10 Å². The van der Waals surface area contributed by atoms with Gasteiger partial charge in [0.05, 0.1) is 5.69 Å². The summed E-state index contributed by atoms with van der Waals surface area (Å²) >= 11 is 0.